The summed E-state index contributed by atoms with van der Waals surface area (Å²) in [5, 5.41) is 11.7. The third-order valence-electron chi connectivity index (χ3n) is 6.32. The second kappa shape index (κ2) is 8.53. The van der Waals surface area contributed by atoms with Gasteiger partial charge in [0.15, 0.2) is 5.13 Å². The lowest BCUT2D eigenvalue weighted by atomic mass is 9.94. The number of carbonyl (C=O) groups is 2. The second-order valence-corrected chi connectivity index (χ2v) is 10.7. The van der Waals surface area contributed by atoms with Crippen LogP contribution in [0.5, 0.6) is 5.75 Å². The van der Waals surface area contributed by atoms with Crippen LogP contribution in [0, 0.1) is 5.82 Å². The number of benzene rings is 3. The maximum Gasteiger partial charge on any atom is 0.301 e. The number of amides is 1. The van der Waals surface area contributed by atoms with Crippen molar-refractivity contribution >= 4 is 60.1 Å². The molecule has 6 rings (SSSR count). The number of hydrogen-bond donors (Lipinski definition) is 1. The molecule has 1 aromatic heterocycles. The van der Waals surface area contributed by atoms with Crippen molar-refractivity contribution in [2.75, 3.05) is 4.90 Å². The van der Waals surface area contributed by atoms with Crippen molar-refractivity contribution in [3.05, 3.63) is 93.2 Å². The number of rotatable bonds is 3. The highest BCUT2D eigenvalue weighted by Gasteiger charge is 2.48. The van der Waals surface area contributed by atoms with Crippen molar-refractivity contribution in [3.63, 3.8) is 0 Å². The molecular weight excluding hydrogens is 547 g/mol. The van der Waals surface area contributed by atoms with E-state index in [4.69, 9.17) is 4.74 Å². The smallest absolute Gasteiger partial charge is 0.301 e. The molecule has 0 bridgehead atoms. The van der Waals surface area contributed by atoms with E-state index in [1.165, 1.54) is 23.1 Å². The van der Waals surface area contributed by atoms with Crippen molar-refractivity contribution in [1.82, 2.24) is 4.98 Å². The monoisotopic (exact) mass is 564 g/mol. The summed E-state index contributed by atoms with van der Waals surface area (Å²) in [4.78, 5) is 32.6. The number of aromatic nitrogens is 1. The summed E-state index contributed by atoms with van der Waals surface area (Å²) in [6.07, 6.45) is 0.704. The Balaban J connectivity index is 1.54. The molecule has 1 fully saturated rings. The van der Waals surface area contributed by atoms with Gasteiger partial charge in [-0.2, -0.15) is 0 Å². The largest absolute Gasteiger partial charge is 0.507 e. The molecule has 2 aliphatic heterocycles. The Hall–Kier alpha value is -3.56. The molecule has 0 radical (unpaired) electrons. The van der Waals surface area contributed by atoms with Crippen molar-refractivity contribution in [2.45, 2.75) is 25.5 Å². The van der Waals surface area contributed by atoms with E-state index in [9.17, 15) is 19.1 Å². The fraction of sp³-hybridized carbons (Fsp3) is 0.148. The van der Waals surface area contributed by atoms with Gasteiger partial charge in [-0.05, 0) is 66.6 Å². The van der Waals surface area contributed by atoms with E-state index in [2.05, 4.69) is 20.9 Å². The van der Waals surface area contributed by atoms with E-state index in [-0.39, 0.29) is 22.6 Å². The molecule has 2 atom stereocenters. The van der Waals surface area contributed by atoms with Crippen LogP contribution in [-0.2, 0) is 16.0 Å². The number of aliphatic hydroxyl groups excluding tert-OH is 1. The molecule has 1 saturated heterocycles. The number of thiazole rings is 1. The first-order valence-corrected chi connectivity index (χ1v) is 12.8. The van der Waals surface area contributed by atoms with E-state index < -0.39 is 23.5 Å². The Bertz CT molecular complexity index is 1610. The highest BCUT2D eigenvalue weighted by Crippen LogP contribution is 2.45. The maximum absolute atomic E-state index is 13.8. The van der Waals surface area contributed by atoms with Gasteiger partial charge in [0, 0.05) is 16.5 Å². The summed E-state index contributed by atoms with van der Waals surface area (Å²) in [6.45, 7) is 1.96. The van der Waals surface area contributed by atoms with Crippen molar-refractivity contribution in [3.8, 4) is 5.75 Å². The second-order valence-electron chi connectivity index (χ2n) is 8.79. The number of Topliss-reactive ketones (excluding diaryl/α,β-unsaturated/α-hetero) is 1. The molecule has 0 spiro atoms. The lowest BCUT2D eigenvalue weighted by Gasteiger charge is -2.23. The summed E-state index contributed by atoms with van der Waals surface area (Å²) >= 11 is 4.57. The van der Waals surface area contributed by atoms with E-state index in [1.54, 1.807) is 36.4 Å². The highest BCUT2D eigenvalue weighted by atomic mass is 79.9. The number of ether oxygens (including phenoxy) is 1. The van der Waals surface area contributed by atoms with Gasteiger partial charge in [0.2, 0.25) is 0 Å². The quantitative estimate of drug-likeness (QED) is 0.183. The SMILES string of the molecule is C[C@@H]1Cc2cc(C(O)=C3C(=O)C(=O)N(c4nc5ccc(F)cc5s4)[C@@H]3c3cccc(Br)c3)ccc2O1. The summed E-state index contributed by atoms with van der Waals surface area (Å²) in [5.74, 6) is -1.56. The fourth-order valence-electron chi connectivity index (χ4n) is 4.74. The Morgan fingerprint density at radius 2 is 2.00 bits per heavy atom. The predicted molar refractivity (Wildman–Crippen MR) is 139 cm³/mol. The average Bonchev–Trinajstić information content (AvgIpc) is 3.50. The molecule has 180 valence electrons. The lowest BCUT2D eigenvalue weighted by Crippen LogP contribution is -2.29. The molecule has 4 aromatic rings. The zero-order valence-corrected chi connectivity index (χ0v) is 21.3. The lowest BCUT2D eigenvalue weighted by molar-refractivity contribution is -0.132. The Kier molecular flexibility index (Phi) is 5.42. The van der Waals surface area contributed by atoms with Crippen LogP contribution in [0.15, 0.2) is 70.7 Å². The predicted octanol–water partition coefficient (Wildman–Crippen LogP) is 6.15. The molecule has 3 heterocycles. The first kappa shape index (κ1) is 22.9. The number of anilines is 1. The Labute approximate surface area is 217 Å². The minimum Gasteiger partial charge on any atom is -0.507 e. The van der Waals surface area contributed by atoms with Crippen LogP contribution in [0.25, 0.3) is 16.0 Å². The maximum atomic E-state index is 13.8. The van der Waals surface area contributed by atoms with Crippen LogP contribution in [0.2, 0.25) is 0 Å². The first-order valence-electron chi connectivity index (χ1n) is 11.2. The average molecular weight is 565 g/mol. The molecule has 9 heteroatoms. The van der Waals surface area contributed by atoms with Crippen LogP contribution in [-0.4, -0.2) is 27.9 Å². The molecule has 0 aliphatic carbocycles. The minimum atomic E-state index is -0.920. The van der Waals surface area contributed by atoms with Gasteiger partial charge in [0.1, 0.15) is 23.4 Å². The zero-order chi connectivity index (χ0) is 25.1. The van der Waals surface area contributed by atoms with Crippen molar-refractivity contribution < 1.29 is 23.8 Å². The van der Waals surface area contributed by atoms with Crippen LogP contribution in [0.4, 0.5) is 9.52 Å². The number of ketones is 1. The van der Waals surface area contributed by atoms with Gasteiger partial charge in [-0.1, -0.05) is 39.4 Å². The number of hydrogen-bond acceptors (Lipinski definition) is 6. The van der Waals surface area contributed by atoms with Crippen molar-refractivity contribution in [2.24, 2.45) is 0 Å². The summed E-state index contributed by atoms with van der Waals surface area (Å²) in [5.41, 5.74) is 2.45. The van der Waals surface area contributed by atoms with Gasteiger partial charge >= 0.3 is 5.91 Å². The zero-order valence-electron chi connectivity index (χ0n) is 18.9. The number of fused-ring (bicyclic) bond motifs is 2. The number of nitrogens with zero attached hydrogens (tertiary/aromatic N) is 2. The van der Waals surface area contributed by atoms with E-state index in [1.807, 2.05) is 13.0 Å². The van der Waals surface area contributed by atoms with E-state index in [0.29, 0.717) is 27.8 Å². The number of carbonyl (C=O) groups excluding carboxylic acids is 2. The van der Waals surface area contributed by atoms with Crippen molar-refractivity contribution in [1.29, 1.82) is 0 Å². The topological polar surface area (TPSA) is 79.7 Å². The Morgan fingerprint density at radius 3 is 2.81 bits per heavy atom. The van der Waals surface area contributed by atoms with Crippen LogP contribution in [0.1, 0.15) is 29.7 Å². The van der Waals surface area contributed by atoms with Gasteiger partial charge in [-0.3, -0.25) is 14.5 Å². The standard InChI is InChI=1S/C27H18BrFN2O4S/c1-13-9-16-10-15(5-8-20(16)35-13)24(32)22-23(14-3-2-4-17(28)11-14)31(26(34)25(22)33)27-30-19-7-6-18(29)12-21(19)36-27/h2-8,10-13,23,32H,9H2,1H3/t13-,23-/m1/s1. The van der Waals surface area contributed by atoms with Gasteiger partial charge in [-0.15, -0.1) is 0 Å². The first-order chi connectivity index (χ1) is 17.3. The number of halogens is 2. The molecule has 0 unspecified atom stereocenters. The number of aliphatic hydroxyl groups is 1. The molecule has 3 aromatic carbocycles. The third kappa shape index (κ3) is 3.70. The van der Waals surface area contributed by atoms with E-state index in [0.717, 1.165) is 27.1 Å². The molecular formula is C27H18BrFN2O4S. The van der Waals surface area contributed by atoms with Gasteiger partial charge < -0.3 is 9.84 Å². The molecule has 6 nitrogen and oxygen atoms in total. The highest BCUT2D eigenvalue weighted by molar-refractivity contribution is 9.10. The molecule has 1 N–H and O–H groups in total. The minimum absolute atomic E-state index is 0.0218. The fourth-order valence-corrected chi connectivity index (χ4v) is 6.17. The van der Waals surface area contributed by atoms with Crippen LogP contribution < -0.4 is 9.64 Å². The molecule has 2 aliphatic rings. The van der Waals surface area contributed by atoms with Crippen LogP contribution in [0.3, 0.4) is 0 Å². The normalized spacial score (nSPS) is 20.7. The molecule has 36 heavy (non-hydrogen) atoms. The third-order valence-corrected chi connectivity index (χ3v) is 7.83. The summed E-state index contributed by atoms with van der Waals surface area (Å²) in [7, 11) is 0. The van der Waals surface area contributed by atoms with Crippen LogP contribution >= 0.6 is 27.3 Å². The van der Waals surface area contributed by atoms with Gasteiger partial charge in [0.05, 0.1) is 21.8 Å². The van der Waals surface area contributed by atoms with Gasteiger partial charge in [0.25, 0.3) is 5.78 Å². The Morgan fingerprint density at radius 1 is 1.17 bits per heavy atom. The summed E-state index contributed by atoms with van der Waals surface area (Å²) in [6, 6.07) is 15.7. The van der Waals surface area contributed by atoms with E-state index >= 15 is 0 Å². The summed E-state index contributed by atoms with van der Waals surface area (Å²) < 4.78 is 20.9. The molecule has 1 amide bonds. The molecule has 0 saturated carbocycles. The van der Waals surface area contributed by atoms with Gasteiger partial charge in [-0.25, -0.2) is 9.37 Å².